The van der Waals surface area contributed by atoms with E-state index in [9.17, 15) is 23.7 Å². The van der Waals surface area contributed by atoms with Crippen molar-refractivity contribution in [1.29, 1.82) is 0 Å². The van der Waals surface area contributed by atoms with Gasteiger partial charge in [0.2, 0.25) is 5.91 Å². The van der Waals surface area contributed by atoms with Gasteiger partial charge in [0.1, 0.15) is 0 Å². The molecule has 6 nitrogen and oxygen atoms in total. The average molecular weight is 287 g/mol. The molecule has 0 radical (unpaired) electrons. The molecular weight excluding hydrogens is 272 g/mol. The standard InChI is InChI=1S/C12H15F2N3O3/c1-3-7(2)15-6-10(18)16-12-9(17(19)20)5-4-8(13)11(12)14/h4-5,7,15H,3,6H2,1-2H3,(H,16,18). The maximum Gasteiger partial charge on any atom is 0.296 e. The van der Waals surface area contributed by atoms with Gasteiger partial charge in [0.05, 0.1) is 11.5 Å². The molecule has 1 aromatic rings. The van der Waals surface area contributed by atoms with Gasteiger partial charge >= 0.3 is 0 Å². The van der Waals surface area contributed by atoms with Crippen molar-refractivity contribution < 1.29 is 18.5 Å². The number of benzene rings is 1. The lowest BCUT2D eigenvalue weighted by Gasteiger charge is -2.12. The molecule has 8 heteroatoms. The van der Waals surface area contributed by atoms with E-state index in [1.807, 2.05) is 19.2 Å². The number of amides is 1. The van der Waals surface area contributed by atoms with Crippen molar-refractivity contribution in [3.05, 3.63) is 33.9 Å². The first-order valence-electron chi connectivity index (χ1n) is 6.02. The summed E-state index contributed by atoms with van der Waals surface area (Å²) >= 11 is 0. The van der Waals surface area contributed by atoms with Crippen molar-refractivity contribution in [2.45, 2.75) is 26.3 Å². The Labute approximate surface area is 114 Å². The summed E-state index contributed by atoms with van der Waals surface area (Å²) in [6, 6.07) is 1.50. The fourth-order valence-corrected chi connectivity index (χ4v) is 1.41. The van der Waals surface area contributed by atoms with Crippen molar-refractivity contribution in [3.8, 4) is 0 Å². The highest BCUT2D eigenvalue weighted by atomic mass is 19.2. The SMILES string of the molecule is CCC(C)NCC(=O)Nc1c([N+](=O)[O-])ccc(F)c1F. The van der Waals surface area contributed by atoms with E-state index in [0.717, 1.165) is 12.5 Å². The van der Waals surface area contributed by atoms with Crippen LogP contribution in [-0.4, -0.2) is 23.4 Å². The predicted molar refractivity (Wildman–Crippen MR) is 69.4 cm³/mol. The van der Waals surface area contributed by atoms with Crippen molar-refractivity contribution in [3.63, 3.8) is 0 Å². The normalized spacial score (nSPS) is 12.0. The van der Waals surface area contributed by atoms with Gasteiger partial charge in [-0.3, -0.25) is 14.9 Å². The fraction of sp³-hybridized carbons (Fsp3) is 0.417. The Morgan fingerprint density at radius 3 is 2.65 bits per heavy atom. The summed E-state index contributed by atoms with van der Waals surface area (Å²) in [6.45, 7) is 3.60. The van der Waals surface area contributed by atoms with Gasteiger partial charge in [0.15, 0.2) is 17.3 Å². The van der Waals surface area contributed by atoms with E-state index in [0.29, 0.717) is 6.07 Å². The molecule has 0 aliphatic carbocycles. The fourth-order valence-electron chi connectivity index (χ4n) is 1.41. The Kier molecular flexibility index (Phi) is 5.51. The molecule has 1 amide bonds. The van der Waals surface area contributed by atoms with Gasteiger partial charge in [-0.15, -0.1) is 0 Å². The minimum absolute atomic E-state index is 0.0630. The Balaban J connectivity index is 2.88. The first-order valence-corrected chi connectivity index (χ1v) is 6.02. The molecule has 0 bridgehead atoms. The van der Waals surface area contributed by atoms with E-state index in [1.165, 1.54) is 0 Å². The maximum atomic E-state index is 13.5. The topological polar surface area (TPSA) is 84.3 Å². The van der Waals surface area contributed by atoms with Crippen LogP contribution in [0.3, 0.4) is 0 Å². The van der Waals surface area contributed by atoms with Gasteiger partial charge in [-0.1, -0.05) is 6.92 Å². The van der Waals surface area contributed by atoms with Crippen LogP contribution in [-0.2, 0) is 4.79 Å². The minimum atomic E-state index is -1.45. The smallest absolute Gasteiger partial charge is 0.296 e. The first-order chi connectivity index (χ1) is 9.36. The molecule has 0 aromatic heterocycles. The number of hydrogen-bond acceptors (Lipinski definition) is 4. The third-order valence-electron chi connectivity index (χ3n) is 2.76. The van der Waals surface area contributed by atoms with Crippen molar-refractivity contribution in [2.75, 3.05) is 11.9 Å². The number of carbonyl (C=O) groups excluding carboxylic acids is 1. The lowest BCUT2D eigenvalue weighted by atomic mass is 10.2. The number of halogens is 2. The zero-order chi connectivity index (χ0) is 15.3. The maximum absolute atomic E-state index is 13.5. The van der Waals surface area contributed by atoms with Crippen molar-refractivity contribution in [2.24, 2.45) is 0 Å². The molecule has 0 aliphatic rings. The van der Waals surface area contributed by atoms with Crippen LogP contribution in [0.5, 0.6) is 0 Å². The van der Waals surface area contributed by atoms with Crippen LogP contribution in [0.25, 0.3) is 0 Å². The van der Waals surface area contributed by atoms with Crippen molar-refractivity contribution in [1.82, 2.24) is 5.32 Å². The highest BCUT2D eigenvalue weighted by Gasteiger charge is 2.23. The number of nitrogens with zero attached hydrogens (tertiary/aromatic N) is 1. The Bertz CT molecular complexity index is 523. The van der Waals surface area contributed by atoms with Crippen LogP contribution in [0, 0.1) is 21.7 Å². The van der Waals surface area contributed by atoms with Crippen LogP contribution in [0.2, 0.25) is 0 Å². The Morgan fingerprint density at radius 1 is 1.45 bits per heavy atom. The minimum Gasteiger partial charge on any atom is -0.317 e. The molecule has 1 rings (SSSR count). The molecule has 0 heterocycles. The molecule has 2 N–H and O–H groups in total. The number of anilines is 1. The van der Waals surface area contributed by atoms with Gasteiger partial charge in [-0.05, 0) is 19.4 Å². The van der Waals surface area contributed by atoms with Gasteiger partial charge in [-0.25, -0.2) is 8.78 Å². The summed E-state index contributed by atoms with van der Waals surface area (Å²) in [5.41, 5.74) is -1.45. The summed E-state index contributed by atoms with van der Waals surface area (Å²) in [5.74, 6) is -3.39. The van der Waals surface area contributed by atoms with E-state index in [2.05, 4.69) is 5.32 Å². The average Bonchev–Trinajstić information content (AvgIpc) is 2.41. The van der Waals surface area contributed by atoms with Crippen LogP contribution < -0.4 is 10.6 Å². The zero-order valence-corrected chi connectivity index (χ0v) is 11.1. The summed E-state index contributed by atoms with van der Waals surface area (Å²) in [5, 5.41) is 15.6. The number of rotatable bonds is 6. The van der Waals surface area contributed by atoms with Gasteiger partial charge in [0.25, 0.3) is 5.69 Å². The largest absolute Gasteiger partial charge is 0.317 e. The van der Waals surface area contributed by atoms with Crippen molar-refractivity contribution >= 4 is 17.3 Å². The number of nitrogens with one attached hydrogen (secondary N) is 2. The van der Waals surface area contributed by atoms with Crippen LogP contribution >= 0.6 is 0 Å². The molecule has 110 valence electrons. The molecule has 1 unspecified atom stereocenters. The second-order valence-electron chi connectivity index (χ2n) is 4.25. The zero-order valence-electron chi connectivity index (χ0n) is 11.1. The second-order valence-corrected chi connectivity index (χ2v) is 4.25. The number of nitro benzene ring substituents is 1. The molecular formula is C12H15F2N3O3. The summed E-state index contributed by atoms with van der Waals surface area (Å²) in [4.78, 5) is 21.4. The summed E-state index contributed by atoms with van der Waals surface area (Å²) in [6.07, 6.45) is 0.780. The predicted octanol–water partition coefficient (Wildman–Crippen LogP) is 2.20. The molecule has 1 aromatic carbocycles. The molecule has 1 atom stereocenters. The number of hydrogen-bond donors (Lipinski definition) is 2. The van der Waals surface area contributed by atoms with E-state index < -0.39 is 33.8 Å². The van der Waals surface area contributed by atoms with E-state index in [-0.39, 0.29) is 12.6 Å². The Hall–Kier alpha value is -2.09. The third-order valence-corrected chi connectivity index (χ3v) is 2.76. The lowest BCUT2D eigenvalue weighted by Crippen LogP contribution is -2.34. The molecule has 0 spiro atoms. The van der Waals surface area contributed by atoms with E-state index in [1.54, 1.807) is 0 Å². The second kappa shape index (κ2) is 6.90. The van der Waals surface area contributed by atoms with Crippen LogP contribution in [0.15, 0.2) is 12.1 Å². The Morgan fingerprint density at radius 2 is 2.10 bits per heavy atom. The lowest BCUT2D eigenvalue weighted by molar-refractivity contribution is -0.384. The monoisotopic (exact) mass is 287 g/mol. The molecule has 0 saturated heterocycles. The van der Waals surface area contributed by atoms with Gasteiger partial charge in [0, 0.05) is 12.1 Å². The third kappa shape index (κ3) is 3.95. The highest BCUT2D eigenvalue weighted by Crippen LogP contribution is 2.28. The first kappa shape index (κ1) is 16.0. The van der Waals surface area contributed by atoms with Gasteiger partial charge < -0.3 is 10.6 Å². The van der Waals surface area contributed by atoms with Crippen LogP contribution in [0.4, 0.5) is 20.2 Å². The highest BCUT2D eigenvalue weighted by molar-refractivity contribution is 5.94. The number of carbonyl (C=O) groups is 1. The molecule has 20 heavy (non-hydrogen) atoms. The quantitative estimate of drug-likeness (QED) is 0.620. The summed E-state index contributed by atoms with van der Waals surface area (Å²) in [7, 11) is 0. The number of nitro groups is 1. The van der Waals surface area contributed by atoms with Crippen LogP contribution in [0.1, 0.15) is 20.3 Å². The van der Waals surface area contributed by atoms with Gasteiger partial charge in [-0.2, -0.15) is 0 Å². The molecule has 0 saturated carbocycles. The van der Waals surface area contributed by atoms with E-state index >= 15 is 0 Å². The summed E-state index contributed by atoms with van der Waals surface area (Å²) < 4.78 is 26.6. The molecule has 0 fully saturated rings. The molecule has 0 aliphatic heterocycles. The van der Waals surface area contributed by atoms with E-state index in [4.69, 9.17) is 0 Å².